The van der Waals surface area contributed by atoms with Crippen LogP contribution in [0.4, 0.5) is 5.69 Å². The van der Waals surface area contributed by atoms with E-state index in [1.807, 2.05) is 0 Å². The van der Waals surface area contributed by atoms with Crippen molar-refractivity contribution < 1.29 is 0 Å². The molecule has 0 saturated carbocycles. The number of benzene rings is 3. The fourth-order valence-electron chi connectivity index (χ4n) is 2.87. The van der Waals surface area contributed by atoms with Crippen LogP contribution in [0.5, 0.6) is 0 Å². The van der Waals surface area contributed by atoms with Crippen LogP contribution in [0.2, 0.25) is 0 Å². The third-order valence-electron chi connectivity index (χ3n) is 4.08. The second kappa shape index (κ2) is 7.15. The van der Waals surface area contributed by atoms with Crippen LogP contribution in [0.1, 0.15) is 0 Å². The fourth-order valence-corrected chi connectivity index (χ4v) is 6.89. The van der Waals surface area contributed by atoms with Crippen LogP contribution < -0.4 is 20.5 Å². The average molecular weight is 382 g/mol. The molecule has 0 N–H and O–H groups in total. The minimum atomic E-state index is -1.47. The molecule has 1 nitrogen and oxygen atoms in total. The number of halogens is 1. The van der Waals surface area contributed by atoms with Gasteiger partial charge in [0.15, 0.2) is 0 Å². The lowest BCUT2D eigenvalue weighted by Gasteiger charge is -2.21. The van der Waals surface area contributed by atoms with Crippen molar-refractivity contribution in [2.75, 3.05) is 19.0 Å². The van der Waals surface area contributed by atoms with E-state index in [0.717, 1.165) is 0 Å². The van der Waals surface area contributed by atoms with Crippen LogP contribution in [-0.2, 0) is 0 Å². The van der Waals surface area contributed by atoms with Crippen molar-refractivity contribution in [1.29, 1.82) is 0 Å². The van der Waals surface area contributed by atoms with Gasteiger partial charge in [-0.2, -0.15) is 0 Å². The van der Waals surface area contributed by atoms with E-state index in [4.69, 9.17) is 0 Å². The first-order chi connectivity index (χ1) is 11.2. The highest BCUT2D eigenvalue weighted by Gasteiger charge is 2.21. The van der Waals surface area contributed by atoms with E-state index >= 15 is 0 Å². The predicted octanol–water partition coefficient (Wildman–Crippen LogP) is 2.76. The summed E-state index contributed by atoms with van der Waals surface area (Å²) in [5.74, 6) is 0. The third-order valence-corrected chi connectivity index (χ3v) is 8.42. The second-order valence-electron chi connectivity index (χ2n) is 5.85. The summed E-state index contributed by atoms with van der Waals surface area (Å²) in [5.41, 5.74) is 1.22. The largest absolute Gasteiger partial charge is 0.378 e. The lowest BCUT2D eigenvalue weighted by molar-refractivity contribution is 1.13. The molecule has 0 aliphatic heterocycles. The summed E-state index contributed by atoms with van der Waals surface area (Å²) < 4.78 is 1.20. The minimum Gasteiger partial charge on any atom is -0.378 e. The molecule has 0 bridgehead atoms. The van der Waals surface area contributed by atoms with Gasteiger partial charge >= 0.3 is 0 Å². The average Bonchev–Trinajstić information content (AvgIpc) is 2.58. The zero-order valence-corrected chi connectivity index (χ0v) is 16.1. The minimum absolute atomic E-state index is 1.20. The van der Waals surface area contributed by atoms with Gasteiger partial charge in [0.05, 0.1) is 0 Å². The van der Waals surface area contributed by atoms with Gasteiger partial charge < -0.3 is 4.90 Å². The van der Waals surface area contributed by atoms with E-state index < -0.39 is 8.80 Å². The van der Waals surface area contributed by atoms with E-state index in [0.29, 0.717) is 0 Å². The number of nitrogens with zero attached hydrogens (tertiary/aromatic N) is 1. The van der Waals surface area contributed by atoms with Crippen LogP contribution in [0, 0.1) is 0 Å². The Morgan fingerprint density at radius 1 is 0.739 bits per heavy atom. The first-order valence-electron chi connectivity index (χ1n) is 7.73. The molecule has 0 unspecified atom stereocenters. The number of rotatable bonds is 4. The molecule has 0 amide bonds. The summed E-state index contributed by atoms with van der Waals surface area (Å²) in [7, 11) is 2.68. The van der Waals surface area contributed by atoms with Crippen molar-refractivity contribution in [2.24, 2.45) is 0 Å². The molecule has 0 spiro atoms. The summed E-state index contributed by atoms with van der Waals surface area (Å²) in [5, 5.41) is 4.31. The maximum absolute atomic E-state index is 3.82. The van der Waals surface area contributed by atoms with Gasteiger partial charge in [-0.3, -0.25) is 0 Å². The molecule has 3 aromatic rings. The monoisotopic (exact) mass is 381 g/mol. The van der Waals surface area contributed by atoms with Crippen molar-refractivity contribution in [2.45, 2.75) is 0 Å². The van der Waals surface area contributed by atoms with Crippen LogP contribution >= 0.6 is 15.9 Å². The van der Waals surface area contributed by atoms with E-state index in [2.05, 4.69) is 114 Å². The SMILES string of the molecule is CN(C)c1ccc([SiH](c2ccccc2)c2ccccc2)c(Br)c1. The molecular formula is C20H20BrNSi. The van der Waals surface area contributed by atoms with Gasteiger partial charge in [0.1, 0.15) is 8.80 Å². The molecule has 0 heterocycles. The lowest BCUT2D eigenvalue weighted by Crippen LogP contribution is -2.52. The van der Waals surface area contributed by atoms with Crippen LogP contribution in [0.25, 0.3) is 0 Å². The first-order valence-corrected chi connectivity index (χ1v) is 10.3. The molecular weight excluding hydrogens is 362 g/mol. The number of anilines is 1. The molecule has 0 aliphatic carbocycles. The van der Waals surface area contributed by atoms with Crippen molar-refractivity contribution in [3.63, 3.8) is 0 Å². The molecule has 0 aromatic heterocycles. The Labute approximate surface area is 148 Å². The first kappa shape index (κ1) is 16.0. The Balaban J connectivity index is 2.13. The predicted molar refractivity (Wildman–Crippen MR) is 107 cm³/mol. The molecule has 3 heteroatoms. The summed E-state index contributed by atoms with van der Waals surface area (Å²) >= 11 is 3.82. The van der Waals surface area contributed by atoms with Crippen LogP contribution in [-0.4, -0.2) is 22.9 Å². The maximum Gasteiger partial charge on any atom is 0.134 e. The normalized spacial score (nSPS) is 10.8. The van der Waals surface area contributed by atoms with E-state index in [1.165, 1.54) is 25.7 Å². The summed E-state index contributed by atoms with van der Waals surface area (Å²) in [4.78, 5) is 2.14. The Bertz CT molecular complexity index is 733. The summed E-state index contributed by atoms with van der Waals surface area (Å²) in [6.07, 6.45) is 0. The van der Waals surface area contributed by atoms with Crippen molar-refractivity contribution >= 4 is 46.0 Å². The summed E-state index contributed by atoms with van der Waals surface area (Å²) in [6, 6.07) is 28.5. The van der Waals surface area contributed by atoms with Crippen LogP contribution in [0.15, 0.2) is 83.3 Å². The Morgan fingerprint density at radius 2 is 1.26 bits per heavy atom. The molecule has 0 atom stereocenters. The standard InChI is InChI=1S/C20H20BrNSi/c1-22(2)16-13-14-20(19(21)15-16)23(17-9-5-3-6-10-17)18-11-7-4-8-12-18/h3-15,23H,1-2H3. The fraction of sp³-hybridized carbons (Fsp3) is 0.100. The quantitative estimate of drug-likeness (QED) is 0.496. The Kier molecular flexibility index (Phi) is 4.99. The zero-order chi connectivity index (χ0) is 16.2. The molecule has 0 fully saturated rings. The highest BCUT2D eigenvalue weighted by Crippen LogP contribution is 2.17. The second-order valence-corrected chi connectivity index (χ2v) is 9.53. The molecule has 23 heavy (non-hydrogen) atoms. The van der Waals surface area contributed by atoms with Gasteiger partial charge in [0, 0.05) is 24.3 Å². The highest BCUT2D eigenvalue weighted by molar-refractivity contribution is 9.10. The highest BCUT2D eigenvalue weighted by atomic mass is 79.9. The molecule has 3 rings (SSSR count). The van der Waals surface area contributed by atoms with Gasteiger partial charge in [-0.1, -0.05) is 93.0 Å². The number of hydrogen-bond acceptors (Lipinski definition) is 1. The lowest BCUT2D eigenvalue weighted by atomic mass is 10.3. The molecule has 0 saturated heterocycles. The molecule has 116 valence electrons. The van der Waals surface area contributed by atoms with Gasteiger partial charge in [0.25, 0.3) is 0 Å². The Morgan fingerprint density at radius 3 is 1.70 bits per heavy atom. The van der Waals surface area contributed by atoms with E-state index in [-0.39, 0.29) is 0 Å². The maximum atomic E-state index is 3.82. The van der Waals surface area contributed by atoms with Gasteiger partial charge in [-0.15, -0.1) is 0 Å². The van der Waals surface area contributed by atoms with Gasteiger partial charge in [0.2, 0.25) is 0 Å². The van der Waals surface area contributed by atoms with Crippen LogP contribution in [0.3, 0.4) is 0 Å². The van der Waals surface area contributed by atoms with Crippen molar-refractivity contribution in [3.8, 4) is 0 Å². The van der Waals surface area contributed by atoms with Gasteiger partial charge in [-0.05, 0) is 17.3 Å². The molecule has 0 aliphatic rings. The van der Waals surface area contributed by atoms with E-state index in [1.54, 1.807) is 0 Å². The van der Waals surface area contributed by atoms with Gasteiger partial charge in [-0.25, -0.2) is 0 Å². The summed E-state index contributed by atoms with van der Waals surface area (Å²) in [6.45, 7) is 0. The van der Waals surface area contributed by atoms with E-state index in [9.17, 15) is 0 Å². The third kappa shape index (κ3) is 3.57. The smallest absolute Gasteiger partial charge is 0.134 e. The topological polar surface area (TPSA) is 3.24 Å². The zero-order valence-electron chi connectivity index (χ0n) is 13.4. The molecule has 3 aromatic carbocycles. The number of hydrogen-bond donors (Lipinski definition) is 0. The Hall–Kier alpha value is -1.84. The molecule has 0 radical (unpaired) electrons. The van der Waals surface area contributed by atoms with Crippen molar-refractivity contribution in [1.82, 2.24) is 0 Å². The van der Waals surface area contributed by atoms with Crippen molar-refractivity contribution in [3.05, 3.63) is 83.3 Å².